The molecule has 15 heteroatoms. The topological polar surface area (TPSA) is 167 Å². The minimum atomic E-state index is -4.41. The van der Waals surface area contributed by atoms with Crippen molar-refractivity contribution >= 4 is 25.6 Å². The van der Waals surface area contributed by atoms with Gasteiger partial charge in [0.05, 0.1) is 23.5 Å². The first-order valence-corrected chi connectivity index (χ1v) is 12.6. The van der Waals surface area contributed by atoms with Crippen LogP contribution in [0.2, 0.25) is 0 Å². The van der Waals surface area contributed by atoms with E-state index >= 15 is 0 Å². The Kier molecular flexibility index (Phi) is 9.77. The van der Waals surface area contributed by atoms with Crippen LogP contribution in [0.3, 0.4) is 0 Å². The fourth-order valence-corrected chi connectivity index (χ4v) is 3.68. The van der Waals surface area contributed by atoms with E-state index in [1.807, 2.05) is 0 Å². The molecular weight excluding hydrogens is 504 g/mol. The molecular formula is C21H33FN3O10P. The Balaban J connectivity index is 2.01. The lowest BCUT2D eigenvalue weighted by molar-refractivity contribution is -0.163. The van der Waals surface area contributed by atoms with Crippen LogP contribution in [0.4, 0.5) is 10.2 Å². The van der Waals surface area contributed by atoms with Crippen LogP contribution in [-0.2, 0) is 41.9 Å². The van der Waals surface area contributed by atoms with Gasteiger partial charge >= 0.3 is 25.5 Å². The fourth-order valence-electron chi connectivity index (χ4n) is 2.75. The van der Waals surface area contributed by atoms with E-state index in [1.165, 1.54) is 0 Å². The van der Waals surface area contributed by atoms with Crippen LogP contribution in [0.1, 0.15) is 60.6 Å². The van der Waals surface area contributed by atoms with Gasteiger partial charge in [0.1, 0.15) is 12.0 Å². The maximum atomic E-state index is 14.2. The third kappa shape index (κ3) is 8.63. The molecule has 0 saturated carbocycles. The van der Waals surface area contributed by atoms with Crippen LogP contribution in [0, 0.1) is 16.8 Å². The molecule has 2 rings (SSSR count). The number of carbonyl (C=O) groups excluding carboxylic acids is 2. The molecule has 2 atom stereocenters. The highest BCUT2D eigenvalue weighted by Gasteiger charge is 2.35. The number of phosphoric acid groups is 1. The number of anilines is 1. The van der Waals surface area contributed by atoms with Crippen molar-refractivity contribution in [3.05, 3.63) is 22.5 Å². The van der Waals surface area contributed by atoms with Crippen LogP contribution in [0.5, 0.6) is 0 Å². The normalized spacial score (nSPS) is 18.8. The number of phosphoric ester groups is 1. The second kappa shape index (κ2) is 11.8. The van der Waals surface area contributed by atoms with Crippen molar-refractivity contribution in [1.82, 2.24) is 9.55 Å². The van der Waals surface area contributed by atoms with Gasteiger partial charge in [0.25, 0.3) is 0 Å². The van der Waals surface area contributed by atoms with Gasteiger partial charge in [-0.2, -0.15) is 9.37 Å². The Morgan fingerprint density at radius 1 is 1.08 bits per heavy atom. The summed E-state index contributed by atoms with van der Waals surface area (Å²) in [6, 6.07) is 0.891. The summed E-state index contributed by atoms with van der Waals surface area (Å²) in [5.74, 6) is -2.43. The molecule has 0 aliphatic carbocycles. The Morgan fingerprint density at radius 3 is 2.08 bits per heavy atom. The molecule has 1 aliphatic rings. The molecule has 204 valence electrons. The predicted octanol–water partition coefficient (Wildman–Crippen LogP) is 2.89. The van der Waals surface area contributed by atoms with Crippen molar-refractivity contribution in [1.29, 1.82) is 0 Å². The third-order valence-electron chi connectivity index (χ3n) is 4.75. The first-order chi connectivity index (χ1) is 16.5. The zero-order valence-electron chi connectivity index (χ0n) is 21.1. The van der Waals surface area contributed by atoms with E-state index in [4.69, 9.17) is 33.5 Å². The molecule has 0 spiro atoms. The van der Waals surface area contributed by atoms with Crippen molar-refractivity contribution in [3.8, 4) is 0 Å². The van der Waals surface area contributed by atoms with Crippen LogP contribution < -0.4 is 11.4 Å². The van der Waals surface area contributed by atoms with E-state index in [2.05, 4.69) is 4.98 Å². The second-order valence-electron chi connectivity index (χ2n) is 10.0. The number of ether oxygens (including phenoxy) is 3. The average Bonchev–Trinajstić information content (AvgIpc) is 3.18. The highest BCUT2D eigenvalue weighted by atomic mass is 31.2. The second-order valence-corrected chi connectivity index (χ2v) is 11.7. The van der Waals surface area contributed by atoms with Crippen molar-refractivity contribution in [2.24, 2.45) is 10.8 Å². The molecule has 2 heterocycles. The van der Waals surface area contributed by atoms with Crippen LogP contribution in [0.15, 0.2) is 10.9 Å². The number of esters is 2. The summed E-state index contributed by atoms with van der Waals surface area (Å²) in [5.41, 5.74) is 2.77. The summed E-state index contributed by atoms with van der Waals surface area (Å²) in [4.78, 5) is 39.4. The lowest BCUT2D eigenvalue weighted by atomic mass is 9.98. The number of nitrogen functional groups attached to an aromatic ring is 1. The monoisotopic (exact) mass is 537 g/mol. The third-order valence-corrected chi connectivity index (χ3v) is 6.05. The molecule has 1 saturated heterocycles. The molecule has 1 fully saturated rings. The van der Waals surface area contributed by atoms with Crippen molar-refractivity contribution < 1.29 is 46.3 Å². The standard InChI is InChI=1S/C21H33FN3O10P/c1-20(2,3)17(26)30-11-33-36(29,34-12-31-18(27)21(4,5)6)32-10-13-7-8-16(35-13)25-14(22)9-15(23)24-19(25)28/h9,13,16H,7-8,10-12H2,1-6H3,(H2,23,24,28). The van der Waals surface area contributed by atoms with E-state index < -0.39 is 68.1 Å². The van der Waals surface area contributed by atoms with E-state index in [1.54, 1.807) is 41.5 Å². The highest BCUT2D eigenvalue weighted by molar-refractivity contribution is 7.48. The van der Waals surface area contributed by atoms with Crippen molar-refractivity contribution in [2.45, 2.75) is 66.7 Å². The van der Waals surface area contributed by atoms with E-state index in [0.717, 1.165) is 6.07 Å². The maximum absolute atomic E-state index is 14.2. The number of aromatic nitrogens is 2. The van der Waals surface area contributed by atoms with E-state index in [0.29, 0.717) is 11.0 Å². The van der Waals surface area contributed by atoms with Gasteiger partial charge < -0.3 is 19.9 Å². The number of hydrogen-bond acceptors (Lipinski definition) is 12. The number of nitrogens with zero attached hydrogens (tertiary/aromatic N) is 2. The smallest absolute Gasteiger partial charge is 0.437 e. The average molecular weight is 537 g/mol. The zero-order valence-corrected chi connectivity index (χ0v) is 22.0. The maximum Gasteiger partial charge on any atom is 0.480 e. The van der Waals surface area contributed by atoms with Crippen LogP contribution in [-0.4, -0.2) is 47.8 Å². The molecule has 1 aromatic heterocycles. The van der Waals surface area contributed by atoms with Gasteiger partial charge in [0.2, 0.25) is 19.5 Å². The Hall–Kier alpha value is -2.38. The summed E-state index contributed by atoms with van der Waals surface area (Å²) in [6.07, 6.45) is -1.18. The van der Waals surface area contributed by atoms with Crippen molar-refractivity contribution in [3.63, 3.8) is 0 Å². The summed E-state index contributed by atoms with van der Waals surface area (Å²) < 4.78 is 58.9. The number of halogens is 1. The Bertz CT molecular complexity index is 1010. The molecule has 13 nitrogen and oxygen atoms in total. The predicted molar refractivity (Wildman–Crippen MR) is 123 cm³/mol. The summed E-state index contributed by atoms with van der Waals surface area (Å²) >= 11 is 0. The van der Waals surface area contributed by atoms with Gasteiger partial charge in [-0.05, 0) is 54.4 Å². The van der Waals surface area contributed by atoms with Gasteiger partial charge in [0.15, 0.2) is 0 Å². The highest BCUT2D eigenvalue weighted by Crippen LogP contribution is 2.50. The SMILES string of the molecule is CC(C)(C)C(=O)OCOP(=O)(OCOC(=O)C(C)(C)C)OCC1CCC(n2c(F)cc(N)nc2=O)O1. The Morgan fingerprint density at radius 2 is 1.61 bits per heavy atom. The minimum Gasteiger partial charge on any atom is -0.437 e. The molecule has 36 heavy (non-hydrogen) atoms. The lowest BCUT2D eigenvalue weighted by Crippen LogP contribution is -2.30. The first kappa shape index (κ1) is 29.8. The molecule has 2 N–H and O–H groups in total. The Labute approximate surface area is 207 Å². The first-order valence-electron chi connectivity index (χ1n) is 11.1. The zero-order chi connectivity index (χ0) is 27.3. The molecule has 1 aliphatic heterocycles. The van der Waals surface area contributed by atoms with Crippen LogP contribution in [0.25, 0.3) is 0 Å². The van der Waals surface area contributed by atoms with Gasteiger partial charge in [-0.1, -0.05) is 0 Å². The number of rotatable bonds is 10. The van der Waals surface area contributed by atoms with Gasteiger partial charge in [-0.25, -0.2) is 23.0 Å². The molecule has 0 amide bonds. The van der Waals surface area contributed by atoms with Gasteiger partial charge in [-0.15, -0.1) is 0 Å². The van der Waals surface area contributed by atoms with Crippen LogP contribution >= 0.6 is 7.82 Å². The lowest BCUT2D eigenvalue weighted by Gasteiger charge is -2.22. The van der Waals surface area contributed by atoms with Crippen molar-refractivity contribution in [2.75, 3.05) is 25.9 Å². The number of carbonyl (C=O) groups is 2. The number of hydrogen-bond donors (Lipinski definition) is 1. The summed E-state index contributed by atoms with van der Waals surface area (Å²) in [7, 11) is -4.41. The van der Waals surface area contributed by atoms with E-state index in [-0.39, 0.29) is 18.8 Å². The molecule has 0 bridgehead atoms. The summed E-state index contributed by atoms with van der Waals surface area (Å²) in [6.45, 7) is 7.84. The molecule has 2 unspecified atom stereocenters. The number of nitrogens with two attached hydrogens (primary N) is 1. The molecule has 0 aromatic carbocycles. The molecule has 0 radical (unpaired) electrons. The quantitative estimate of drug-likeness (QED) is 0.201. The van der Waals surface area contributed by atoms with Gasteiger partial charge in [0, 0.05) is 6.07 Å². The largest absolute Gasteiger partial charge is 0.480 e. The summed E-state index contributed by atoms with van der Waals surface area (Å²) in [5, 5.41) is 0. The minimum absolute atomic E-state index is 0.231. The van der Waals surface area contributed by atoms with E-state index in [9.17, 15) is 23.3 Å². The fraction of sp³-hybridized carbons (Fsp3) is 0.714. The molecule has 1 aromatic rings. The van der Waals surface area contributed by atoms with Gasteiger partial charge in [-0.3, -0.25) is 14.1 Å².